The highest BCUT2D eigenvalue weighted by atomic mass is 79.9. The Labute approximate surface area is 107 Å². The number of nitrogens with zero attached hydrogens (tertiary/aromatic N) is 1. The summed E-state index contributed by atoms with van der Waals surface area (Å²) in [6.45, 7) is 3.68. The van der Waals surface area contributed by atoms with Crippen LogP contribution >= 0.6 is 15.9 Å². The minimum absolute atomic E-state index is 0.235. The summed E-state index contributed by atoms with van der Waals surface area (Å²) in [5.74, 6) is -0.0651. The van der Waals surface area contributed by atoms with Crippen molar-refractivity contribution in [2.75, 3.05) is 5.32 Å². The SMILES string of the molecule is Cc1cccc(NC(=O)c2ocnc2C)c1Br. The standard InChI is InChI=1S/C12H11BrN2O2/c1-7-4-3-5-9(10(7)13)15-12(16)11-8(2)14-6-17-11/h3-6H,1-2H3,(H,15,16). The van der Waals surface area contributed by atoms with E-state index in [1.165, 1.54) is 6.39 Å². The Morgan fingerprint density at radius 2 is 2.18 bits per heavy atom. The van der Waals surface area contributed by atoms with E-state index in [1.54, 1.807) is 6.92 Å². The first-order valence-corrected chi connectivity index (χ1v) is 5.85. The van der Waals surface area contributed by atoms with E-state index >= 15 is 0 Å². The molecule has 0 bridgehead atoms. The van der Waals surface area contributed by atoms with E-state index in [0.717, 1.165) is 10.0 Å². The van der Waals surface area contributed by atoms with E-state index < -0.39 is 0 Å². The number of carbonyl (C=O) groups excluding carboxylic acids is 1. The second-order valence-corrected chi connectivity index (χ2v) is 4.45. The van der Waals surface area contributed by atoms with Crippen LogP contribution in [0.15, 0.2) is 33.5 Å². The Bertz CT molecular complexity index is 563. The lowest BCUT2D eigenvalue weighted by Crippen LogP contribution is -2.12. The molecule has 0 atom stereocenters. The van der Waals surface area contributed by atoms with Crippen LogP contribution in [-0.4, -0.2) is 10.9 Å². The zero-order valence-corrected chi connectivity index (χ0v) is 11.0. The Morgan fingerprint density at radius 3 is 2.82 bits per heavy atom. The van der Waals surface area contributed by atoms with Crippen molar-refractivity contribution >= 4 is 27.5 Å². The fourth-order valence-electron chi connectivity index (χ4n) is 1.44. The number of oxazole rings is 1. The Balaban J connectivity index is 2.25. The minimum Gasteiger partial charge on any atom is -0.438 e. The van der Waals surface area contributed by atoms with Gasteiger partial charge in [-0.05, 0) is 41.4 Å². The van der Waals surface area contributed by atoms with Gasteiger partial charge in [-0.1, -0.05) is 12.1 Å². The Hall–Kier alpha value is -1.62. The van der Waals surface area contributed by atoms with Crippen molar-refractivity contribution in [2.24, 2.45) is 0 Å². The van der Waals surface area contributed by atoms with Crippen LogP contribution in [0, 0.1) is 13.8 Å². The van der Waals surface area contributed by atoms with Gasteiger partial charge in [-0.15, -0.1) is 0 Å². The van der Waals surface area contributed by atoms with Crippen molar-refractivity contribution in [1.29, 1.82) is 0 Å². The van der Waals surface area contributed by atoms with E-state index in [2.05, 4.69) is 26.2 Å². The van der Waals surface area contributed by atoms with Gasteiger partial charge in [0, 0.05) is 4.47 Å². The van der Waals surface area contributed by atoms with Crippen molar-refractivity contribution in [2.45, 2.75) is 13.8 Å². The highest BCUT2D eigenvalue weighted by Gasteiger charge is 2.15. The average Bonchev–Trinajstić information content (AvgIpc) is 2.71. The van der Waals surface area contributed by atoms with Crippen LogP contribution in [0.2, 0.25) is 0 Å². The highest BCUT2D eigenvalue weighted by molar-refractivity contribution is 9.10. The third-order valence-corrected chi connectivity index (χ3v) is 3.44. The molecular formula is C12H11BrN2O2. The van der Waals surface area contributed by atoms with Crippen molar-refractivity contribution in [3.05, 3.63) is 46.1 Å². The van der Waals surface area contributed by atoms with E-state index in [-0.39, 0.29) is 11.7 Å². The first-order chi connectivity index (χ1) is 8.09. The molecule has 0 fully saturated rings. The van der Waals surface area contributed by atoms with E-state index in [9.17, 15) is 4.79 Å². The molecule has 0 saturated heterocycles. The molecule has 5 heteroatoms. The summed E-state index contributed by atoms with van der Waals surface area (Å²) in [5.41, 5.74) is 2.34. The Morgan fingerprint density at radius 1 is 1.41 bits per heavy atom. The lowest BCUT2D eigenvalue weighted by Gasteiger charge is -2.07. The van der Waals surface area contributed by atoms with Crippen LogP contribution in [0.25, 0.3) is 0 Å². The molecule has 0 aliphatic heterocycles. The predicted molar refractivity (Wildman–Crippen MR) is 68.1 cm³/mol. The van der Waals surface area contributed by atoms with Crippen molar-refractivity contribution in [3.63, 3.8) is 0 Å². The number of hydrogen-bond donors (Lipinski definition) is 1. The summed E-state index contributed by atoms with van der Waals surface area (Å²) in [6, 6.07) is 5.66. The lowest BCUT2D eigenvalue weighted by molar-refractivity contribution is 0.0996. The van der Waals surface area contributed by atoms with Gasteiger partial charge < -0.3 is 9.73 Å². The number of benzene rings is 1. The van der Waals surface area contributed by atoms with Crippen LogP contribution in [-0.2, 0) is 0 Å². The van der Waals surface area contributed by atoms with E-state index in [0.29, 0.717) is 11.4 Å². The van der Waals surface area contributed by atoms with Gasteiger partial charge >= 0.3 is 0 Å². The first kappa shape index (κ1) is 11.9. The second-order valence-electron chi connectivity index (χ2n) is 3.66. The van der Waals surface area contributed by atoms with Crippen molar-refractivity contribution < 1.29 is 9.21 Å². The topological polar surface area (TPSA) is 55.1 Å². The quantitative estimate of drug-likeness (QED) is 0.924. The van der Waals surface area contributed by atoms with Gasteiger partial charge in [0.15, 0.2) is 6.39 Å². The largest absolute Gasteiger partial charge is 0.438 e. The molecule has 1 amide bonds. The first-order valence-electron chi connectivity index (χ1n) is 5.06. The van der Waals surface area contributed by atoms with Crippen LogP contribution in [0.3, 0.4) is 0 Å². The molecule has 1 aromatic heterocycles. The van der Waals surface area contributed by atoms with Crippen molar-refractivity contribution in [1.82, 2.24) is 4.98 Å². The zero-order chi connectivity index (χ0) is 12.4. The molecule has 0 saturated carbocycles. The third kappa shape index (κ3) is 2.39. The van der Waals surface area contributed by atoms with Crippen molar-refractivity contribution in [3.8, 4) is 0 Å². The van der Waals surface area contributed by atoms with Gasteiger partial charge in [0.25, 0.3) is 5.91 Å². The highest BCUT2D eigenvalue weighted by Crippen LogP contribution is 2.26. The number of nitrogens with one attached hydrogen (secondary N) is 1. The fraction of sp³-hybridized carbons (Fsp3) is 0.167. The number of aromatic nitrogens is 1. The van der Waals surface area contributed by atoms with Gasteiger partial charge in [-0.2, -0.15) is 0 Å². The zero-order valence-electron chi connectivity index (χ0n) is 9.45. The Kier molecular flexibility index (Phi) is 3.28. The summed E-state index contributed by atoms with van der Waals surface area (Å²) in [6.07, 6.45) is 1.26. The summed E-state index contributed by atoms with van der Waals surface area (Å²) in [5, 5.41) is 2.77. The number of amides is 1. The molecular weight excluding hydrogens is 284 g/mol. The molecule has 1 aromatic carbocycles. The van der Waals surface area contributed by atoms with Crippen LogP contribution < -0.4 is 5.32 Å². The normalized spacial score (nSPS) is 10.3. The number of anilines is 1. The monoisotopic (exact) mass is 294 g/mol. The number of rotatable bonds is 2. The van der Waals surface area contributed by atoms with Crippen LogP contribution in [0.5, 0.6) is 0 Å². The van der Waals surface area contributed by atoms with E-state index in [4.69, 9.17) is 4.42 Å². The van der Waals surface area contributed by atoms with Crippen LogP contribution in [0.1, 0.15) is 21.8 Å². The van der Waals surface area contributed by atoms with Crippen LogP contribution in [0.4, 0.5) is 5.69 Å². The number of hydrogen-bond acceptors (Lipinski definition) is 3. The maximum absolute atomic E-state index is 11.9. The lowest BCUT2D eigenvalue weighted by atomic mass is 10.2. The number of halogens is 1. The molecule has 2 rings (SSSR count). The molecule has 0 unspecified atom stereocenters. The molecule has 4 nitrogen and oxygen atoms in total. The molecule has 0 radical (unpaired) electrons. The molecule has 0 spiro atoms. The molecule has 1 heterocycles. The molecule has 0 aliphatic carbocycles. The smallest absolute Gasteiger partial charge is 0.293 e. The predicted octanol–water partition coefficient (Wildman–Crippen LogP) is 3.31. The van der Waals surface area contributed by atoms with Gasteiger partial charge in [-0.25, -0.2) is 4.98 Å². The summed E-state index contributed by atoms with van der Waals surface area (Å²) in [7, 11) is 0. The summed E-state index contributed by atoms with van der Waals surface area (Å²) >= 11 is 3.43. The fourth-order valence-corrected chi connectivity index (χ4v) is 1.81. The maximum atomic E-state index is 11.9. The molecule has 1 N–H and O–H groups in total. The van der Waals surface area contributed by atoms with Gasteiger partial charge in [0.05, 0.1) is 11.4 Å². The maximum Gasteiger partial charge on any atom is 0.293 e. The third-order valence-electron chi connectivity index (χ3n) is 2.39. The molecule has 2 aromatic rings. The van der Waals surface area contributed by atoms with Gasteiger partial charge in [0.1, 0.15) is 0 Å². The average molecular weight is 295 g/mol. The second kappa shape index (κ2) is 4.71. The summed E-state index contributed by atoms with van der Waals surface area (Å²) in [4.78, 5) is 15.8. The molecule has 17 heavy (non-hydrogen) atoms. The summed E-state index contributed by atoms with van der Waals surface area (Å²) < 4.78 is 5.90. The van der Waals surface area contributed by atoms with Gasteiger partial charge in [0.2, 0.25) is 5.76 Å². The molecule has 0 aliphatic rings. The minimum atomic E-state index is -0.300. The number of carbonyl (C=O) groups is 1. The number of aryl methyl sites for hydroxylation is 2. The van der Waals surface area contributed by atoms with E-state index in [1.807, 2.05) is 25.1 Å². The van der Waals surface area contributed by atoms with Gasteiger partial charge in [-0.3, -0.25) is 4.79 Å². The molecule has 88 valence electrons.